The van der Waals surface area contributed by atoms with Crippen LogP contribution in [0.4, 0.5) is 0 Å². The summed E-state index contributed by atoms with van der Waals surface area (Å²) in [6, 6.07) is 14.6. The van der Waals surface area contributed by atoms with Crippen molar-refractivity contribution < 1.29 is 14.0 Å². The Hall–Kier alpha value is -2.94. The largest absolute Gasteiger partial charge is 0.467 e. The third kappa shape index (κ3) is 4.73. The summed E-state index contributed by atoms with van der Waals surface area (Å²) in [5, 5.41) is 8.79. The second kappa shape index (κ2) is 9.51. The van der Waals surface area contributed by atoms with Crippen LogP contribution in [0.1, 0.15) is 33.5 Å². The summed E-state index contributed by atoms with van der Waals surface area (Å²) >= 11 is 7.48. The summed E-state index contributed by atoms with van der Waals surface area (Å²) in [5.74, 6) is 0.687. The molecule has 33 heavy (non-hydrogen) atoms. The number of rotatable bonds is 5. The second-order valence-electron chi connectivity index (χ2n) is 8.07. The minimum atomic E-state index is -0.278. The van der Waals surface area contributed by atoms with Crippen LogP contribution in [-0.4, -0.2) is 65.1 Å². The number of benzene rings is 1. The summed E-state index contributed by atoms with van der Waals surface area (Å²) < 4.78 is 5.62. The molecule has 0 bridgehead atoms. The van der Waals surface area contributed by atoms with Crippen LogP contribution in [0.25, 0.3) is 0 Å². The van der Waals surface area contributed by atoms with Crippen LogP contribution >= 0.6 is 22.9 Å². The zero-order valence-electron chi connectivity index (χ0n) is 17.9. The van der Waals surface area contributed by atoms with E-state index in [-0.39, 0.29) is 24.4 Å². The van der Waals surface area contributed by atoms with Crippen molar-refractivity contribution in [3.8, 4) is 0 Å². The molecule has 2 aliphatic rings. The van der Waals surface area contributed by atoms with Crippen molar-refractivity contribution in [3.05, 3.63) is 81.4 Å². The average Bonchev–Trinajstić information content (AvgIpc) is 3.61. The molecule has 1 fully saturated rings. The third-order valence-electron chi connectivity index (χ3n) is 5.97. The summed E-state index contributed by atoms with van der Waals surface area (Å²) in [5.41, 5.74) is 1.76. The smallest absolute Gasteiger partial charge is 0.264 e. The van der Waals surface area contributed by atoms with Gasteiger partial charge in [0.2, 0.25) is 0 Å². The molecule has 0 saturated carbocycles. The van der Waals surface area contributed by atoms with E-state index in [1.165, 1.54) is 11.3 Å². The highest BCUT2D eigenvalue weighted by atomic mass is 35.5. The Bertz CT molecular complexity index is 1140. The van der Waals surface area contributed by atoms with E-state index < -0.39 is 0 Å². The minimum absolute atomic E-state index is 0.0607. The number of furan rings is 1. The van der Waals surface area contributed by atoms with Crippen molar-refractivity contribution in [2.75, 3.05) is 32.7 Å². The number of thiophene rings is 1. The maximum Gasteiger partial charge on any atom is 0.264 e. The van der Waals surface area contributed by atoms with Crippen molar-refractivity contribution in [2.24, 2.45) is 5.10 Å². The van der Waals surface area contributed by atoms with Gasteiger partial charge < -0.3 is 9.32 Å². The van der Waals surface area contributed by atoms with Crippen molar-refractivity contribution in [1.82, 2.24) is 14.8 Å². The Balaban J connectivity index is 1.26. The fourth-order valence-corrected chi connectivity index (χ4v) is 5.01. The lowest BCUT2D eigenvalue weighted by Gasteiger charge is -2.34. The fraction of sp³-hybridized carbons (Fsp3) is 0.292. The molecule has 1 saturated heterocycles. The van der Waals surface area contributed by atoms with Gasteiger partial charge in [0.25, 0.3) is 11.8 Å². The van der Waals surface area contributed by atoms with Gasteiger partial charge in [0.1, 0.15) is 11.8 Å². The van der Waals surface area contributed by atoms with E-state index in [0.29, 0.717) is 43.4 Å². The Kier molecular flexibility index (Phi) is 6.30. The van der Waals surface area contributed by atoms with Crippen molar-refractivity contribution in [2.45, 2.75) is 12.5 Å². The normalized spacial score (nSPS) is 19.1. The zero-order valence-corrected chi connectivity index (χ0v) is 19.5. The van der Waals surface area contributed by atoms with Gasteiger partial charge in [-0.05, 0) is 41.3 Å². The maximum atomic E-state index is 13.3. The highest BCUT2D eigenvalue weighted by Crippen LogP contribution is 2.33. The van der Waals surface area contributed by atoms with Gasteiger partial charge in [0.05, 0.1) is 23.4 Å². The SMILES string of the molecule is O=C(c1cccs1)N1CCN(CC(=O)N2N=C(c3ccc(Cl)cc3)C[C@@H]2c2ccco2)CC1. The first-order valence-corrected chi connectivity index (χ1v) is 12.1. The molecule has 0 N–H and O–H groups in total. The molecule has 0 spiro atoms. The van der Waals surface area contributed by atoms with Gasteiger partial charge in [-0.25, -0.2) is 5.01 Å². The molecular weight excluding hydrogens is 460 g/mol. The molecule has 2 aliphatic heterocycles. The lowest BCUT2D eigenvalue weighted by atomic mass is 10.0. The van der Waals surface area contributed by atoms with Crippen LogP contribution in [-0.2, 0) is 4.79 Å². The van der Waals surface area contributed by atoms with Gasteiger partial charge >= 0.3 is 0 Å². The number of hydrogen-bond donors (Lipinski definition) is 0. The van der Waals surface area contributed by atoms with Crippen LogP contribution < -0.4 is 0 Å². The average molecular weight is 483 g/mol. The molecule has 5 rings (SSSR count). The van der Waals surface area contributed by atoms with Crippen LogP contribution in [0.3, 0.4) is 0 Å². The van der Waals surface area contributed by atoms with Gasteiger partial charge in [-0.1, -0.05) is 29.8 Å². The summed E-state index contributed by atoms with van der Waals surface area (Å²) in [6.07, 6.45) is 2.19. The van der Waals surface area contributed by atoms with Gasteiger partial charge in [0, 0.05) is 37.6 Å². The molecule has 0 aliphatic carbocycles. The Morgan fingerprint density at radius 2 is 1.85 bits per heavy atom. The number of carbonyl (C=O) groups is 2. The van der Waals surface area contributed by atoms with Crippen molar-refractivity contribution in [1.29, 1.82) is 0 Å². The Morgan fingerprint density at radius 1 is 1.06 bits per heavy atom. The predicted octanol–water partition coefficient (Wildman–Crippen LogP) is 4.13. The van der Waals surface area contributed by atoms with Crippen LogP contribution in [0.15, 0.2) is 69.7 Å². The number of hydrazone groups is 1. The van der Waals surface area contributed by atoms with E-state index >= 15 is 0 Å². The lowest BCUT2D eigenvalue weighted by Crippen LogP contribution is -2.51. The molecular formula is C24H23ClN4O3S. The van der Waals surface area contributed by atoms with Gasteiger partial charge in [-0.15, -0.1) is 11.3 Å². The standard InChI is InChI=1S/C24H23ClN4O3S/c25-18-7-5-17(6-8-18)19-15-20(21-3-1-13-32-21)29(26-19)23(30)16-27-9-11-28(12-10-27)24(31)22-4-2-14-33-22/h1-8,13-14,20H,9-12,15-16H2/t20-/m1/s1. The Morgan fingerprint density at radius 3 is 2.52 bits per heavy atom. The molecule has 1 aromatic carbocycles. The maximum absolute atomic E-state index is 13.3. The summed E-state index contributed by atoms with van der Waals surface area (Å²) in [7, 11) is 0. The van der Waals surface area contributed by atoms with E-state index in [0.717, 1.165) is 16.2 Å². The van der Waals surface area contributed by atoms with Crippen LogP contribution in [0.2, 0.25) is 5.02 Å². The molecule has 1 atom stereocenters. The second-order valence-corrected chi connectivity index (χ2v) is 9.46. The molecule has 3 aromatic rings. The molecule has 4 heterocycles. The highest BCUT2D eigenvalue weighted by Gasteiger charge is 2.36. The fourth-order valence-electron chi connectivity index (χ4n) is 4.19. The monoisotopic (exact) mass is 482 g/mol. The topological polar surface area (TPSA) is 69.4 Å². The first-order chi connectivity index (χ1) is 16.1. The van der Waals surface area contributed by atoms with E-state index in [2.05, 4.69) is 10.0 Å². The first kappa shape index (κ1) is 21.9. The zero-order chi connectivity index (χ0) is 22.8. The number of carbonyl (C=O) groups excluding carboxylic acids is 2. The lowest BCUT2D eigenvalue weighted by molar-refractivity contribution is -0.134. The third-order valence-corrected chi connectivity index (χ3v) is 7.08. The Labute approximate surface area is 200 Å². The van der Waals surface area contributed by atoms with Crippen molar-refractivity contribution >= 4 is 40.5 Å². The molecule has 0 radical (unpaired) electrons. The molecule has 2 aromatic heterocycles. The van der Waals surface area contributed by atoms with Gasteiger partial charge in [-0.3, -0.25) is 14.5 Å². The molecule has 2 amide bonds. The van der Waals surface area contributed by atoms with E-state index in [1.54, 1.807) is 11.3 Å². The summed E-state index contributed by atoms with van der Waals surface area (Å²) in [4.78, 5) is 30.5. The van der Waals surface area contributed by atoms with Crippen molar-refractivity contribution in [3.63, 3.8) is 0 Å². The summed E-state index contributed by atoms with van der Waals surface area (Å²) in [6.45, 7) is 2.75. The first-order valence-electron chi connectivity index (χ1n) is 10.8. The molecule has 7 nitrogen and oxygen atoms in total. The van der Waals surface area contributed by atoms with E-state index in [4.69, 9.17) is 16.0 Å². The van der Waals surface area contributed by atoms with Gasteiger partial charge in [-0.2, -0.15) is 5.10 Å². The number of nitrogens with zero attached hydrogens (tertiary/aromatic N) is 4. The van der Waals surface area contributed by atoms with Gasteiger partial charge in [0.15, 0.2) is 0 Å². The van der Waals surface area contributed by atoms with Crippen LogP contribution in [0, 0.1) is 0 Å². The number of piperazine rings is 1. The minimum Gasteiger partial charge on any atom is -0.467 e. The number of halogens is 1. The highest BCUT2D eigenvalue weighted by molar-refractivity contribution is 7.12. The molecule has 0 unspecified atom stereocenters. The number of amides is 2. The van der Waals surface area contributed by atoms with Crippen LogP contribution in [0.5, 0.6) is 0 Å². The quantitative estimate of drug-likeness (QED) is 0.548. The predicted molar refractivity (Wildman–Crippen MR) is 128 cm³/mol. The van der Waals surface area contributed by atoms with E-state index in [1.807, 2.05) is 58.8 Å². The van der Waals surface area contributed by atoms with E-state index in [9.17, 15) is 9.59 Å². The molecule has 170 valence electrons. The molecule has 9 heteroatoms. The number of hydrogen-bond acceptors (Lipinski definition) is 6.